The summed E-state index contributed by atoms with van der Waals surface area (Å²) < 4.78 is 27.3. The number of nitrogen functional groups attached to an aromatic ring is 1. The first-order valence-electron chi connectivity index (χ1n) is 5.75. The zero-order valence-electron chi connectivity index (χ0n) is 10.0. The molecule has 3 N–H and O–H groups in total. The van der Waals surface area contributed by atoms with Gasteiger partial charge in [-0.2, -0.15) is 11.8 Å². The number of sulfonamides is 1. The highest BCUT2D eigenvalue weighted by atomic mass is 35.5. The summed E-state index contributed by atoms with van der Waals surface area (Å²) in [6.45, 7) is 0. The summed E-state index contributed by atoms with van der Waals surface area (Å²) in [7, 11) is -3.72. The van der Waals surface area contributed by atoms with E-state index in [0.29, 0.717) is 5.69 Å². The Morgan fingerprint density at radius 2 is 1.74 bits per heavy atom. The maximum absolute atomic E-state index is 12.3. The van der Waals surface area contributed by atoms with E-state index in [1.54, 1.807) is 0 Å². The van der Waals surface area contributed by atoms with E-state index in [9.17, 15) is 8.42 Å². The molecule has 0 amide bonds. The zero-order valence-corrected chi connectivity index (χ0v) is 13.2. The van der Waals surface area contributed by atoms with Crippen molar-refractivity contribution in [1.29, 1.82) is 0 Å². The topological polar surface area (TPSA) is 72.2 Å². The van der Waals surface area contributed by atoms with E-state index in [1.165, 1.54) is 12.1 Å². The third kappa shape index (κ3) is 3.70. The molecular weight excluding hydrogens is 327 g/mol. The molecule has 106 valence electrons. The average molecular weight is 341 g/mol. The molecule has 19 heavy (non-hydrogen) atoms. The van der Waals surface area contributed by atoms with Crippen LogP contribution in [0.15, 0.2) is 17.0 Å². The van der Waals surface area contributed by atoms with Crippen molar-refractivity contribution in [2.45, 2.75) is 23.8 Å². The summed E-state index contributed by atoms with van der Waals surface area (Å²) in [6, 6.07) is 2.72. The fraction of sp³-hybridized carbons (Fsp3) is 0.455. The fourth-order valence-electron chi connectivity index (χ4n) is 1.93. The van der Waals surface area contributed by atoms with Gasteiger partial charge in [-0.1, -0.05) is 23.2 Å². The fourth-order valence-corrected chi connectivity index (χ4v) is 5.57. The van der Waals surface area contributed by atoms with Crippen LogP contribution in [0.5, 0.6) is 0 Å². The molecule has 0 radical (unpaired) electrons. The van der Waals surface area contributed by atoms with Crippen molar-refractivity contribution in [3.8, 4) is 0 Å². The van der Waals surface area contributed by atoms with Gasteiger partial charge in [-0.05, 0) is 36.5 Å². The van der Waals surface area contributed by atoms with Crippen molar-refractivity contribution in [1.82, 2.24) is 4.72 Å². The van der Waals surface area contributed by atoms with E-state index in [2.05, 4.69) is 4.72 Å². The molecule has 2 rings (SSSR count). The highest BCUT2D eigenvalue weighted by Crippen LogP contribution is 2.32. The van der Waals surface area contributed by atoms with Crippen molar-refractivity contribution >= 4 is 50.7 Å². The van der Waals surface area contributed by atoms with Crippen molar-refractivity contribution in [3.63, 3.8) is 0 Å². The summed E-state index contributed by atoms with van der Waals surface area (Å²) >= 11 is 13.7. The van der Waals surface area contributed by atoms with Crippen molar-refractivity contribution in [2.75, 3.05) is 17.2 Å². The molecular formula is C11H14Cl2N2O2S2. The molecule has 1 aliphatic rings. The molecule has 1 heterocycles. The van der Waals surface area contributed by atoms with Crippen LogP contribution in [0, 0.1) is 0 Å². The van der Waals surface area contributed by atoms with Crippen molar-refractivity contribution < 1.29 is 8.42 Å². The van der Waals surface area contributed by atoms with Gasteiger partial charge in [0.1, 0.15) is 4.90 Å². The van der Waals surface area contributed by atoms with Crippen LogP contribution >= 0.6 is 35.0 Å². The number of nitrogens with one attached hydrogen (secondary N) is 1. The second-order valence-corrected chi connectivity index (χ2v) is 8.01. The van der Waals surface area contributed by atoms with Crippen LogP contribution in [0.2, 0.25) is 10.0 Å². The van der Waals surface area contributed by atoms with Gasteiger partial charge >= 0.3 is 0 Å². The minimum absolute atomic E-state index is 0.0442. The molecule has 1 aromatic rings. The summed E-state index contributed by atoms with van der Waals surface area (Å²) in [6.07, 6.45) is 1.63. The molecule has 0 aromatic heterocycles. The van der Waals surface area contributed by atoms with Gasteiger partial charge in [0.25, 0.3) is 0 Å². The van der Waals surface area contributed by atoms with Crippen molar-refractivity contribution in [2.24, 2.45) is 0 Å². The minimum Gasteiger partial charge on any atom is -0.399 e. The van der Waals surface area contributed by atoms with Gasteiger partial charge < -0.3 is 5.73 Å². The van der Waals surface area contributed by atoms with Crippen LogP contribution in [0.3, 0.4) is 0 Å². The van der Waals surface area contributed by atoms with Gasteiger partial charge in [-0.25, -0.2) is 13.1 Å². The van der Waals surface area contributed by atoms with Gasteiger partial charge in [0.05, 0.1) is 10.0 Å². The number of nitrogens with two attached hydrogens (primary N) is 1. The first-order chi connectivity index (χ1) is 8.90. The second-order valence-electron chi connectivity index (χ2n) is 4.32. The summed E-state index contributed by atoms with van der Waals surface area (Å²) in [5, 5.41) is 0.0883. The molecule has 1 aliphatic heterocycles. The first-order valence-corrected chi connectivity index (χ1v) is 9.14. The van der Waals surface area contributed by atoms with E-state index < -0.39 is 10.0 Å². The number of hydrogen-bond donors (Lipinski definition) is 2. The Morgan fingerprint density at radius 1 is 1.21 bits per heavy atom. The third-order valence-electron chi connectivity index (χ3n) is 2.83. The molecule has 4 nitrogen and oxygen atoms in total. The SMILES string of the molecule is Nc1cc(Cl)c(S(=O)(=O)NC2CCSCC2)c(Cl)c1. The van der Waals surface area contributed by atoms with Crippen LogP contribution in [0.25, 0.3) is 0 Å². The maximum atomic E-state index is 12.3. The number of halogens is 2. The van der Waals surface area contributed by atoms with Gasteiger partial charge in [-0.3, -0.25) is 0 Å². The number of anilines is 1. The Morgan fingerprint density at radius 3 is 2.26 bits per heavy atom. The van der Waals surface area contributed by atoms with E-state index in [-0.39, 0.29) is 21.0 Å². The standard InChI is InChI=1S/C11H14Cl2N2O2S2/c12-9-5-7(14)6-10(13)11(9)19(16,17)15-8-1-3-18-4-2-8/h5-6,8,15H,1-4,14H2. The maximum Gasteiger partial charge on any atom is 0.243 e. The molecule has 1 fully saturated rings. The molecule has 0 aliphatic carbocycles. The monoisotopic (exact) mass is 340 g/mol. The van der Waals surface area contributed by atoms with E-state index in [1.807, 2.05) is 11.8 Å². The lowest BCUT2D eigenvalue weighted by atomic mass is 10.2. The molecule has 0 saturated carbocycles. The molecule has 0 bridgehead atoms. The highest BCUT2D eigenvalue weighted by molar-refractivity contribution is 7.99. The zero-order chi connectivity index (χ0) is 14.0. The number of benzene rings is 1. The van der Waals surface area contributed by atoms with Gasteiger partial charge in [0.15, 0.2) is 0 Å². The summed E-state index contributed by atoms with van der Waals surface area (Å²) in [5.74, 6) is 1.91. The normalized spacial score (nSPS) is 17.6. The summed E-state index contributed by atoms with van der Waals surface area (Å²) in [5.41, 5.74) is 5.91. The smallest absolute Gasteiger partial charge is 0.243 e. The van der Waals surface area contributed by atoms with Crippen LogP contribution in [0.4, 0.5) is 5.69 Å². The number of rotatable bonds is 3. The van der Waals surface area contributed by atoms with Gasteiger partial charge in [0, 0.05) is 11.7 Å². The van der Waals surface area contributed by atoms with Crippen LogP contribution in [0.1, 0.15) is 12.8 Å². The Balaban J connectivity index is 2.29. The number of thioether (sulfide) groups is 1. The predicted molar refractivity (Wildman–Crippen MR) is 81.5 cm³/mol. The summed E-state index contributed by atoms with van der Waals surface area (Å²) in [4.78, 5) is -0.0942. The number of hydrogen-bond acceptors (Lipinski definition) is 4. The van der Waals surface area contributed by atoms with Crippen LogP contribution in [-0.2, 0) is 10.0 Å². The van der Waals surface area contributed by atoms with Gasteiger partial charge in [-0.15, -0.1) is 0 Å². The van der Waals surface area contributed by atoms with Crippen molar-refractivity contribution in [3.05, 3.63) is 22.2 Å². The Labute approximate surface area is 127 Å². The molecule has 0 atom stereocenters. The van der Waals surface area contributed by atoms with Crippen LogP contribution < -0.4 is 10.5 Å². The quantitative estimate of drug-likeness (QED) is 0.830. The van der Waals surface area contributed by atoms with E-state index in [4.69, 9.17) is 28.9 Å². The van der Waals surface area contributed by atoms with Crippen LogP contribution in [-0.4, -0.2) is 26.0 Å². The Bertz CT molecular complexity index is 549. The Kier molecular flexibility index (Phi) is 4.89. The predicted octanol–water partition coefficient (Wildman–Crippen LogP) is 2.75. The third-order valence-corrected chi connectivity index (χ3v) is 6.32. The molecule has 1 saturated heterocycles. The lowest BCUT2D eigenvalue weighted by Gasteiger charge is -2.23. The van der Waals surface area contributed by atoms with E-state index >= 15 is 0 Å². The molecule has 1 aromatic carbocycles. The van der Waals surface area contributed by atoms with Gasteiger partial charge in [0.2, 0.25) is 10.0 Å². The Hall–Kier alpha value is -0.140. The molecule has 0 spiro atoms. The largest absolute Gasteiger partial charge is 0.399 e. The first kappa shape index (κ1) is 15.3. The lowest BCUT2D eigenvalue weighted by molar-refractivity contribution is 0.529. The highest BCUT2D eigenvalue weighted by Gasteiger charge is 2.26. The molecule has 0 unspecified atom stereocenters. The minimum atomic E-state index is -3.72. The second kappa shape index (κ2) is 6.10. The average Bonchev–Trinajstić information content (AvgIpc) is 2.27. The molecule has 8 heteroatoms. The van der Waals surface area contributed by atoms with E-state index in [0.717, 1.165) is 24.3 Å². The lowest BCUT2D eigenvalue weighted by Crippen LogP contribution is -2.37.